The lowest BCUT2D eigenvalue weighted by atomic mass is 9.80. The first kappa shape index (κ1) is 11.5. The van der Waals surface area contributed by atoms with Crippen LogP contribution in [0.1, 0.15) is 24.6 Å². The number of benzene rings is 1. The molecule has 1 aliphatic carbocycles. The summed E-state index contributed by atoms with van der Waals surface area (Å²) < 4.78 is 0. The number of H-pyrrole nitrogens is 1. The second-order valence-corrected chi connectivity index (χ2v) is 5.36. The second-order valence-electron chi connectivity index (χ2n) is 5.36. The summed E-state index contributed by atoms with van der Waals surface area (Å²) in [6.45, 7) is 0. The number of nitrogens with zero attached hydrogens (tertiary/aromatic N) is 3. The first-order chi connectivity index (χ1) is 9.79. The fourth-order valence-electron chi connectivity index (χ4n) is 2.70. The summed E-state index contributed by atoms with van der Waals surface area (Å²) in [7, 11) is 0. The molecule has 0 saturated heterocycles. The Morgan fingerprint density at radius 1 is 1.15 bits per heavy atom. The molecule has 2 aromatic heterocycles. The van der Waals surface area contributed by atoms with Crippen molar-refractivity contribution in [3.63, 3.8) is 0 Å². The molecule has 2 heterocycles. The Morgan fingerprint density at radius 2 is 2.05 bits per heavy atom. The minimum Gasteiger partial charge on any atom is -0.345 e. The van der Waals surface area contributed by atoms with Gasteiger partial charge in [-0.25, -0.2) is 15.0 Å². The standard InChI is InChI=1S/C15H15N5/c16-11-5-10(6-11)15-17-4-3-12(20-15)9-1-2-13-14(7-9)19-8-18-13/h1-4,7-8,10-11H,5-6,16H2,(H,18,19). The molecule has 5 nitrogen and oxygen atoms in total. The molecule has 100 valence electrons. The maximum atomic E-state index is 5.84. The smallest absolute Gasteiger partial charge is 0.132 e. The van der Waals surface area contributed by atoms with Crippen molar-refractivity contribution in [2.24, 2.45) is 5.73 Å². The Kier molecular flexibility index (Phi) is 2.53. The molecule has 1 saturated carbocycles. The first-order valence-electron chi connectivity index (χ1n) is 6.81. The van der Waals surface area contributed by atoms with Crippen molar-refractivity contribution in [3.8, 4) is 11.3 Å². The van der Waals surface area contributed by atoms with Gasteiger partial charge >= 0.3 is 0 Å². The average Bonchev–Trinajstić information content (AvgIpc) is 2.91. The Morgan fingerprint density at radius 3 is 2.90 bits per heavy atom. The largest absolute Gasteiger partial charge is 0.345 e. The van der Waals surface area contributed by atoms with E-state index in [-0.39, 0.29) is 0 Å². The third-order valence-electron chi connectivity index (χ3n) is 3.93. The van der Waals surface area contributed by atoms with Crippen molar-refractivity contribution in [3.05, 3.63) is 42.6 Å². The summed E-state index contributed by atoms with van der Waals surface area (Å²) in [5, 5.41) is 0. The zero-order valence-corrected chi connectivity index (χ0v) is 11.0. The number of hydrogen-bond acceptors (Lipinski definition) is 4. The predicted molar refractivity (Wildman–Crippen MR) is 77.1 cm³/mol. The van der Waals surface area contributed by atoms with Crippen LogP contribution in [0.5, 0.6) is 0 Å². The lowest BCUT2D eigenvalue weighted by molar-refractivity contribution is 0.338. The molecule has 1 aromatic carbocycles. The minimum absolute atomic E-state index is 0.314. The summed E-state index contributed by atoms with van der Waals surface area (Å²) in [5.74, 6) is 1.33. The molecule has 1 fully saturated rings. The Labute approximate surface area is 116 Å². The highest BCUT2D eigenvalue weighted by atomic mass is 14.9. The zero-order chi connectivity index (χ0) is 13.5. The predicted octanol–water partition coefficient (Wildman–Crippen LogP) is 2.22. The van der Waals surface area contributed by atoms with Crippen LogP contribution in [0.3, 0.4) is 0 Å². The summed E-state index contributed by atoms with van der Waals surface area (Å²) >= 11 is 0. The van der Waals surface area contributed by atoms with Gasteiger partial charge in [-0.1, -0.05) is 6.07 Å². The van der Waals surface area contributed by atoms with Crippen LogP contribution in [0.15, 0.2) is 36.8 Å². The maximum Gasteiger partial charge on any atom is 0.132 e. The molecule has 1 aliphatic rings. The Bertz CT molecular complexity index is 758. The van der Waals surface area contributed by atoms with Crippen molar-refractivity contribution in [1.29, 1.82) is 0 Å². The molecule has 0 bridgehead atoms. The van der Waals surface area contributed by atoms with Crippen molar-refractivity contribution in [2.45, 2.75) is 24.8 Å². The summed E-state index contributed by atoms with van der Waals surface area (Å²) in [4.78, 5) is 16.4. The van der Waals surface area contributed by atoms with Crippen molar-refractivity contribution in [2.75, 3.05) is 0 Å². The van der Waals surface area contributed by atoms with Gasteiger partial charge in [0.25, 0.3) is 0 Å². The number of hydrogen-bond donors (Lipinski definition) is 2. The van der Waals surface area contributed by atoms with Crippen LogP contribution in [0, 0.1) is 0 Å². The molecule has 4 rings (SSSR count). The lowest BCUT2D eigenvalue weighted by Crippen LogP contribution is -2.35. The third-order valence-corrected chi connectivity index (χ3v) is 3.93. The molecule has 0 radical (unpaired) electrons. The molecule has 0 spiro atoms. The fourth-order valence-corrected chi connectivity index (χ4v) is 2.70. The van der Waals surface area contributed by atoms with Crippen LogP contribution >= 0.6 is 0 Å². The van der Waals surface area contributed by atoms with Crippen LogP contribution in [0.2, 0.25) is 0 Å². The van der Waals surface area contributed by atoms with Crippen LogP contribution in [-0.2, 0) is 0 Å². The van der Waals surface area contributed by atoms with Gasteiger partial charge in [0, 0.05) is 23.7 Å². The summed E-state index contributed by atoms with van der Waals surface area (Å²) in [6.07, 6.45) is 5.51. The molecule has 0 unspecified atom stereocenters. The summed E-state index contributed by atoms with van der Waals surface area (Å²) in [5.41, 5.74) is 9.86. The molecule has 3 N–H and O–H groups in total. The van der Waals surface area contributed by atoms with Crippen LogP contribution in [0.25, 0.3) is 22.3 Å². The Balaban J connectivity index is 1.72. The quantitative estimate of drug-likeness (QED) is 0.744. The van der Waals surface area contributed by atoms with E-state index < -0.39 is 0 Å². The third kappa shape index (κ3) is 1.87. The van der Waals surface area contributed by atoms with Gasteiger partial charge in [-0.05, 0) is 31.0 Å². The number of rotatable bonds is 2. The van der Waals surface area contributed by atoms with Gasteiger partial charge in [0.1, 0.15) is 5.82 Å². The Hall–Kier alpha value is -2.27. The number of nitrogens with one attached hydrogen (secondary N) is 1. The monoisotopic (exact) mass is 265 g/mol. The van der Waals surface area contributed by atoms with Crippen LogP contribution in [0.4, 0.5) is 0 Å². The van der Waals surface area contributed by atoms with Gasteiger partial charge in [-0.2, -0.15) is 0 Å². The van der Waals surface area contributed by atoms with E-state index in [1.165, 1.54) is 0 Å². The normalized spacial score (nSPS) is 21.9. The molecule has 20 heavy (non-hydrogen) atoms. The van der Waals surface area contributed by atoms with E-state index in [9.17, 15) is 0 Å². The molecule has 0 aliphatic heterocycles. The molecule has 0 atom stereocenters. The first-order valence-corrected chi connectivity index (χ1v) is 6.81. The van der Waals surface area contributed by atoms with E-state index in [1.807, 2.05) is 24.4 Å². The highest BCUT2D eigenvalue weighted by Crippen LogP contribution is 2.34. The van der Waals surface area contributed by atoms with Crippen LogP contribution < -0.4 is 5.73 Å². The van der Waals surface area contributed by atoms with Gasteiger partial charge < -0.3 is 10.7 Å². The van der Waals surface area contributed by atoms with E-state index >= 15 is 0 Å². The van der Waals surface area contributed by atoms with Crippen molar-refractivity contribution >= 4 is 11.0 Å². The minimum atomic E-state index is 0.314. The van der Waals surface area contributed by atoms with Crippen molar-refractivity contribution in [1.82, 2.24) is 19.9 Å². The number of aromatic amines is 1. The van der Waals surface area contributed by atoms with E-state index in [0.29, 0.717) is 12.0 Å². The number of nitrogens with two attached hydrogens (primary N) is 1. The van der Waals surface area contributed by atoms with Gasteiger partial charge in [0.05, 0.1) is 23.1 Å². The second kappa shape index (κ2) is 4.38. The molecule has 5 heteroatoms. The fraction of sp³-hybridized carbons (Fsp3) is 0.267. The van der Waals surface area contributed by atoms with Gasteiger partial charge in [0.2, 0.25) is 0 Å². The topological polar surface area (TPSA) is 80.5 Å². The van der Waals surface area contributed by atoms with E-state index in [1.54, 1.807) is 6.33 Å². The van der Waals surface area contributed by atoms with Gasteiger partial charge in [-0.15, -0.1) is 0 Å². The highest BCUT2D eigenvalue weighted by Gasteiger charge is 2.29. The maximum absolute atomic E-state index is 5.84. The summed E-state index contributed by atoms with van der Waals surface area (Å²) in [6, 6.07) is 8.37. The number of imidazole rings is 1. The molecule has 3 aromatic rings. The number of fused-ring (bicyclic) bond motifs is 1. The van der Waals surface area contributed by atoms with E-state index in [2.05, 4.69) is 26.0 Å². The lowest BCUT2D eigenvalue weighted by Gasteiger charge is -2.31. The zero-order valence-electron chi connectivity index (χ0n) is 11.0. The molecule has 0 amide bonds. The molecular formula is C15H15N5. The average molecular weight is 265 g/mol. The SMILES string of the molecule is NC1CC(c2nccc(-c3ccc4nc[nH]c4c3)n2)C1. The van der Waals surface area contributed by atoms with E-state index in [4.69, 9.17) is 5.73 Å². The number of aromatic nitrogens is 4. The van der Waals surface area contributed by atoms with Gasteiger partial charge in [0.15, 0.2) is 0 Å². The van der Waals surface area contributed by atoms with Crippen LogP contribution in [-0.4, -0.2) is 26.0 Å². The van der Waals surface area contributed by atoms with E-state index in [0.717, 1.165) is 41.0 Å². The highest BCUT2D eigenvalue weighted by molar-refractivity contribution is 5.80. The van der Waals surface area contributed by atoms with Gasteiger partial charge in [-0.3, -0.25) is 0 Å². The van der Waals surface area contributed by atoms with Crippen molar-refractivity contribution < 1.29 is 0 Å². The molecular weight excluding hydrogens is 250 g/mol.